The zero-order chi connectivity index (χ0) is 15.6. The first kappa shape index (κ1) is 14.6. The second kappa shape index (κ2) is 5.70. The van der Waals surface area contributed by atoms with Crippen LogP contribution in [0.5, 0.6) is 11.5 Å². The average Bonchev–Trinajstić information content (AvgIpc) is 2.40. The molecular weight excluding hydrogens is 272 g/mol. The normalized spacial score (nSPS) is 11.9. The first-order valence-corrected chi connectivity index (χ1v) is 6.42. The highest BCUT2D eigenvalue weighted by atomic mass is 16.6. The molecule has 0 aliphatic heterocycles. The van der Waals surface area contributed by atoms with Crippen LogP contribution in [0.1, 0.15) is 24.1 Å². The summed E-state index contributed by atoms with van der Waals surface area (Å²) in [5, 5.41) is 33.3. The third-order valence-electron chi connectivity index (χ3n) is 3.20. The van der Waals surface area contributed by atoms with Crippen molar-refractivity contribution in [1.82, 2.24) is 0 Å². The van der Waals surface area contributed by atoms with Crippen LogP contribution >= 0.6 is 0 Å². The van der Waals surface area contributed by atoms with Crippen LogP contribution < -0.4 is 5.32 Å². The number of nitrogens with zero attached hydrogens (tertiary/aromatic N) is 1. The van der Waals surface area contributed by atoms with Gasteiger partial charge in [-0.25, -0.2) is 0 Å². The molecule has 6 nitrogen and oxygen atoms in total. The molecule has 2 rings (SSSR count). The van der Waals surface area contributed by atoms with E-state index < -0.39 is 4.92 Å². The molecule has 0 spiro atoms. The van der Waals surface area contributed by atoms with Gasteiger partial charge in [-0.05, 0) is 37.6 Å². The maximum Gasteiger partial charge on any atom is 0.296 e. The van der Waals surface area contributed by atoms with E-state index in [0.29, 0.717) is 5.56 Å². The van der Waals surface area contributed by atoms with Crippen LogP contribution in [0.15, 0.2) is 36.4 Å². The smallest absolute Gasteiger partial charge is 0.296 e. The molecule has 0 heterocycles. The maximum atomic E-state index is 11.0. The Morgan fingerprint density at radius 1 is 1.19 bits per heavy atom. The zero-order valence-electron chi connectivity index (χ0n) is 11.7. The van der Waals surface area contributed by atoms with Gasteiger partial charge in [0.25, 0.3) is 5.69 Å². The second-order valence-electron chi connectivity index (χ2n) is 4.89. The van der Waals surface area contributed by atoms with Gasteiger partial charge in [-0.1, -0.05) is 12.1 Å². The molecule has 2 aromatic rings. The van der Waals surface area contributed by atoms with Crippen molar-refractivity contribution >= 4 is 11.4 Å². The van der Waals surface area contributed by atoms with Crippen LogP contribution in [0.4, 0.5) is 11.4 Å². The Morgan fingerprint density at radius 3 is 2.52 bits per heavy atom. The molecular formula is C15H16N2O4. The van der Waals surface area contributed by atoms with Crippen LogP contribution in [0, 0.1) is 17.0 Å². The highest BCUT2D eigenvalue weighted by molar-refractivity contribution is 5.64. The van der Waals surface area contributed by atoms with Gasteiger partial charge >= 0.3 is 0 Å². The third kappa shape index (κ3) is 3.22. The van der Waals surface area contributed by atoms with E-state index in [1.807, 2.05) is 13.0 Å². The number of hydrogen-bond donors (Lipinski definition) is 3. The Morgan fingerprint density at radius 2 is 1.90 bits per heavy atom. The van der Waals surface area contributed by atoms with Crippen molar-refractivity contribution < 1.29 is 15.1 Å². The number of nitro benzene ring substituents is 1. The summed E-state index contributed by atoms with van der Waals surface area (Å²) < 4.78 is 0. The molecule has 6 heteroatoms. The third-order valence-corrected chi connectivity index (χ3v) is 3.20. The largest absolute Gasteiger partial charge is 0.508 e. The van der Waals surface area contributed by atoms with Gasteiger partial charge in [0.15, 0.2) is 0 Å². The zero-order valence-corrected chi connectivity index (χ0v) is 11.7. The lowest BCUT2D eigenvalue weighted by atomic mass is 10.0. The molecule has 1 unspecified atom stereocenters. The number of nitro groups is 1. The van der Waals surface area contributed by atoms with Crippen molar-refractivity contribution in [3.63, 3.8) is 0 Å². The quantitative estimate of drug-likeness (QED) is 0.454. The summed E-state index contributed by atoms with van der Waals surface area (Å²) >= 11 is 0. The molecule has 0 aliphatic carbocycles. The predicted octanol–water partition coefficient (Wildman–Crippen LogP) is 3.49. The molecule has 1 atom stereocenters. The topological polar surface area (TPSA) is 95.6 Å². The molecule has 110 valence electrons. The molecule has 2 aromatic carbocycles. The standard InChI is InChI=1S/C15H16N2O4/c1-9-3-5-12(15(19)7-9)10(2)16-13-6-4-11(18)8-14(13)17(20)21/h3-8,10,16,18-19H,1-2H3. The molecule has 0 aliphatic rings. The van der Waals surface area contributed by atoms with Crippen molar-refractivity contribution in [3.05, 3.63) is 57.6 Å². The van der Waals surface area contributed by atoms with Crippen LogP contribution in [-0.2, 0) is 0 Å². The van der Waals surface area contributed by atoms with E-state index in [0.717, 1.165) is 11.6 Å². The fraction of sp³-hybridized carbons (Fsp3) is 0.200. The number of rotatable bonds is 4. The molecule has 0 saturated carbocycles. The van der Waals surface area contributed by atoms with Gasteiger partial charge in [-0.3, -0.25) is 10.1 Å². The molecule has 0 amide bonds. The lowest BCUT2D eigenvalue weighted by Crippen LogP contribution is -2.08. The molecule has 3 N–H and O–H groups in total. The van der Waals surface area contributed by atoms with Gasteiger partial charge in [0.2, 0.25) is 0 Å². The minimum Gasteiger partial charge on any atom is -0.508 e. The Hall–Kier alpha value is -2.76. The molecule has 0 radical (unpaired) electrons. The van der Waals surface area contributed by atoms with E-state index in [-0.39, 0.29) is 28.9 Å². The number of benzene rings is 2. The number of nitrogens with one attached hydrogen (secondary N) is 1. The number of phenolic OH excluding ortho intramolecular Hbond substituents is 2. The lowest BCUT2D eigenvalue weighted by molar-refractivity contribution is -0.384. The van der Waals surface area contributed by atoms with E-state index in [1.54, 1.807) is 19.1 Å². The maximum absolute atomic E-state index is 11.0. The molecule has 0 bridgehead atoms. The van der Waals surface area contributed by atoms with Crippen molar-refractivity contribution in [2.45, 2.75) is 19.9 Å². The van der Waals surface area contributed by atoms with Crippen LogP contribution in [0.3, 0.4) is 0 Å². The lowest BCUT2D eigenvalue weighted by Gasteiger charge is -2.17. The fourth-order valence-electron chi connectivity index (χ4n) is 2.12. The van der Waals surface area contributed by atoms with Crippen LogP contribution in [0.2, 0.25) is 0 Å². The van der Waals surface area contributed by atoms with Gasteiger partial charge in [-0.2, -0.15) is 0 Å². The van der Waals surface area contributed by atoms with Gasteiger partial charge in [0.1, 0.15) is 17.2 Å². The average molecular weight is 288 g/mol. The monoisotopic (exact) mass is 288 g/mol. The van der Waals surface area contributed by atoms with E-state index in [9.17, 15) is 20.3 Å². The van der Waals surface area contributed by atoms with Gasteiger partial charge in [-0.15, -0.1) is 0 Å². The van der Waals surface area contributed by atoms with Gasteiger partial charge in [0, 0.05) is 5.56 Å². The molecule has 21 heavy (non-hydrogen) atoms. The Bertz CT molecular complexity index is 685. The summed E-state index contributed by atoms with van der Waals surface area (Å²) in [7, 11) is 0. The summed E-state index contributed by atoms with van der Waals surface area (Å²) in [6.45, 7) is 3.66. The van der Waals surface area contributed by atoms with Gasteiger partial charge < -0.3 is 15.5 Å². The van der Waals surface area contributed by atoms with Gasteiger partial charge in [0.05, 0.1) is 17.0 Å². The summed E-state index contributed by atoms with van der Waals surface area (Å²) in [6.07, 6.45) is 0. The second-order valence-corrected chi connectivity index (χ2v) is 4.89. The minimum atomic E-state index is -0.566. The summed E-state index contributed by atoms with van der Waals surface area (Å²) in [5.74, 6) is -0.0329. The summed E-state index contributed by atoms with van der Waals surface area (Å²) in [6, 6.07) is 8.84. The van der Waals surface area contributed by atoms with Crippen LogP contribution in [0.25, 0.3) is 0 Å². The minimum absolute atomic E-state index is 0.136. The Kier molecular flexibility index (Phi) is 3.98. The SMILES string of the molecule is Cc1ccc(C(C)Nc2ccc(O)cc2[N+](=O)[O-])c(O)c1. The molecule has 0 aromatic heterocycles. The highest BCUT2D eigenvalue weighted by Crippen LogP contribution is 2.33. The van der Waals surface area contributed by atoms with E-state index in [4.69, 9.17) is 0 Å². The number of anilines is 1. The number of hydrogen-bond acceptors (Lipinski definition) is 5. The highest BCUT2D eigenvalue weighted by Gasteiger charge is 2.18. The Balaban J connectivity index is 2.31. The molecule has 0 saturated heterocycles. The first-order valence-electron chi connectivity index (χ1n) is 6.42. The van der Waals surface area contributed by atoms with E-state index in [2.05, 4.69) is 5.32 Å². The molecule has 0 fully saturated rings. The number of phenols is 2. The number of aromatic hydroxyl groups is 2. The summed E-state index contributed by atoms with van der Waals surface area (Å²) in [4.78, 5) is 10.4. The van der Waals surface area contributed by atoms with Crippen molar-refractivity contribution in [2.24, 2.45) is 0 Å². The van der Waals surface area contributed by atoms with E-state index in [1.165, 1.54) is 12.1 Å². The van der Waals surface area contributed by atoms with E-state index >= 15 is 0 Å². The van der Waals surface area contributed by atoms with Crippen molar-refractivity contribution in [3.8, 4) is 11.5 Å². The first-order chi connectivity index (χ1) is 9.88. The van der Waals surface area contributed by atoms with Crippen molar-refractivity contribution in [2.75, 3.05) is 5.32 Å². The number of aryl methyl sites for hydroxylation is 1. The van der Waals surface area contributed by atoms with Crippen LogP contribution in [-0.4, -0.2) is 15.1 Å². The summed E-state index contributed by atoms with van der Waals surface area (Å²) in [5.41, 5.74) is 1.64. The predicted molar refractivity (Wildman–Crippen MR) is 79.6 cm³/mol. The fourth-order valence-corrected chi connectivity index (χ4v) is 2.12. The Labute approximate surface area is 121 Å². The van der Waals surface area contributed by atoms with Crippen molar-refractivity contribution in [1.29, 1.82) is 0 Å².